The summed E-state index contributed by atoms with van der Waals surface area (Å²) in [5.41, 5.74) is 6.37. The third-order valence-electron chi connectivity index (χ3n) is 5.89. The lowest BCUT2D eigenvalue weighted by Gasteiger charge is -2.35. The van der Waals surface area contributed by atoms with Crippen molar-refractivity contribution in [1.29, 1.82) is 0 Å². The minimum absolute atomic E-state index is 0.112. The van der Waals surface area contributed by atoms with Gasteiger partial charge in [-0.05, 0) is 44.4 Å². The molecule has 3 heterocycles. The molecule has 0 aromatic carbocycles. The van der Waals surface area contributed by atoms with Crippen molar-refractivity contribution in [3.05, 3.63) is 82.3 Å². The van der Waals surface area contributed by atoms with E-state index >= 15 is 0 Å². The van der Waals surface area contributed by atoms with E-state index in [1.165, 1.54) is 13.2 Å². The van der Waals surface area contributed by atoms with E-state index in [0.717, 1.165) is 17.6 Å². The fraction of sp³-hybridized carbons (Fsp3) is 0.348. The topological polar surface area (TPSA) is 128 Å². The highest BCUT2D eigenvalue weighted by Gasteiger charge is 2.45. The highest BCUT2D eigenvalue weighted by atomic mass is 16.6. The van der Waals surface area contributed by atoms with Gasteiger partial charge in [0, 0.05) is 57.3 Å². The van der Waals surface area contributed by atoms with Crippen LogP contribution in [0.5, 0.6) is 0 Å². The second-order valence-corrected chi connectivity index (χ2v) is 8.49. The SMILES string of the molecule is COC1C=C(N(C)CCN(C)C)C([N+](=O)[O-])=CC1(N)c1nccc(-n2ccc3cccnc32)n1. The molecule has 0 fully saturated rings. The molecule has 0 saturated heterocycles. The first-order chi connectivity index (χ1) is 16.2. The standard InChI is InChI=1S/C23H28N8O3/c1-28(2)12-13-29(3)17-14-19(34-4)23(24,15-18(17)31(32)33)22-26-10-7-20(27-22)30-11-8-16-6-5-9-25-21(16)30/h5-11,14-15,19H,12-13,24H2,1-4H3. The fourth-order valence-electron chi connectivity index (χ4n) is 3.99. The Bertz CT molecular complexity index is 1270. The van der Waals surface area contributed by atoms with Crippen LogP contribution >= 0.6 is 0 Å². The molecule has 0 aliphatic heterocycles. The van der Waals surface area contributed by atoms with Gasteiger partial charge in [0.05, 0.1) is 4.92 Å². The summed E-state index contributed by atoms with van der Waals surface area (Å²) in [7, 11) is 7.22. The molecule has 34 heavy (non-hydrogen) atoms. The summed E-state index contributed by atoms with van der Waals surface area (Å²) in [6.07, 6.45) is 7.50. The van der Waals surface area contributed by atoms with E-state index in [4.69, 9.17) is 10.5 Å². The molecule has 0 spiro atoms. The number of nitrogens with two attached hydrogens (primary N) is 1. The largest absolute Gasteiger partial charge is 0.375 e. The number of rotatable bonds is 8. The van der Waals surface area contributed by atoms with Crippen molar-refractivity contribution in [3.63, 3.8) is 0 Å². The second-order valence-electron chi connectivity index (χ2n) is 8.49. The molecule has 0 radical (unpaired) electrons. The minimum atomic E-state index is -1.45. The smallest absolute Gasteiger partial charge is 0.290 e. The Morgan fingerprint density at radius 1 is 1.21 bits per heavy atom. The molecule has 3 aromatic rings. The second kappa shape index (κ2) is 9.29. The maximum Gasteiger partial charge on any atom is 0.290 e. The van der Waals surface area contributed by atoms with E-state index in [2.05, 4.69) is 15.0 Å². The molecule has 0 bridgehead atoms. The van der Waals surface area contributed by atoms with Crippen LogP contribution in [-0.2, 0) is 10.3 Å². The van der Waals surface area contributed by atoms with Crippen molar-refractivity contribution in [2.75, 3.05) is 41.3 Å². The van der Waals surface area contributed by atoms with Crippen LogP contribution < -0.4 is 5.73 Å². The van der Waals surface area contributed by atoms with Gasteiger partial charge in [0.15, 0.2) is 5.82 Å². The molecule has 1 aliphatic rings. The van der Waals surface area contributed by atoms with E-state index in [1.54, 1.807) is 24.5 Å². The van der Waals surface area contributed by atoms with Crippen LogP contribution in [0.2, 0.25) is 0 Å². The highest BCUT2D eigenvalue weighted by Crippen LogP contribution is 2.34. The van der Waals surface area contributed by atoms with Crippen LogP contribution in [0.3, 0.4) is 0 Å². The Morgan fingerprint density at radius 2 is 2.00 bits per heavy atom. The highest BCUT2D eigenvalue weighted by molar-refractivity contribution is 5.77. The van der Waals surface area contributed by atoms with E-state index < -0.39 is 16.6 Å². The first kappa shape index (κ1) is 23.5. The quantitative estimate of drug-likeness (QED) is 0.390. The summed E-state index contributed by atoms with van der Waals surface area (Å²) in [6, 6.07) is 7.49. The molecule has 178 valence electrons. The van der Waals surface area contributed by atoms with Gasteiger partial charge in [0.1, 0.15) is 28.8 Å². The average molecular weight is 465 g/mol. The van der Waals surface area contributed by atoms with E-state index in [9.17, 15) is 10.1 Å². The van der Waals surface area contributed by atoms with Crippen LogP contribution in [0.4, 0.5) is 0 Å². The van der Waals surface area contributed by atoms with Crippen molar-refractivity contribution in [3.8, 4) is 5.82 Å². The molecule has 2 unspecified atom stereocenters. The molecular weight excluding hydrogens is 436 g/mol. The number of aromatic nitrogens is 4. The van der Waals surface area contributed by atoms with Gasteiger partial charge in [0.25, 0.3) is 5.70 Å². The number of pyridine rings is 1. The third-order valence-corrected chi connectivity index (χ3v) is 5.89. The Kier molecular flexibility index (Phi) is 6.42. The minimum Gasteiger partial charge on any atom is -0.375 e. The van der Waals surface area contributed by atoms with Gasteiger partial charge >= 0.3 is 0 Å². The number of hydrogen-bond acceptors (Lipinski definition) is 9. The van der Waals surface area contributed by atoms with Crippen molar-refractivity contribution in [2.45, 2.75) is 11.6 Å². The van der Waals surface area contributed by atoms with Gasteiger partial charge in [-0.25, -0.2) is 15.0 Å². The van der Waals surface area contributed by atoms with Crippen LogP contribution in [-0.4, -0.2) is 81.7 Å². The Morgan fingerprint density at radius 3 is 2.71 bits per heavy atom. The zero-order valence-corrected chi connectivity index (χ0v) is 19.6. The maximum absolute atomic E-state index is 12.0. The first-order valence-corrected chi connectivity index (χ1v) is 10.8. The Labute approximate surface area is 197 Å². The van der Waals surface area contributed by atoms with E-state index in [1.807, 2.05) is 59.9 Å². The predicted octanol–water partition coefficient (Wildman–Crippen LogP) is 1.54. The van der Waals surface area contributed by atoms with Crippen LogP contribution in [0.15, 0.2) is 66.4 Å². The number of fused-ring (bicyclic) bond motifs is 1. The van der Waals surface area contributed by atoms with Gasteiger partial charge in [-0.2, -0.15) is 0 Å². The summed E-state index contributed by atoms with van der Waals surface area (Å²) in [6.45, 7) is 1.33. The van der Waals surface area contributed by atoms with E-state index in [0.29, 0.717) is 18.1 Å². The fourth-order valence-corrected chi connectivity index (χ4v) is 3.99. The molecule has 2 atom stereocenters. The van der Waals surface area contributed by atoms with Gasteiger partial charge in [-0.3, -0.25) is 14.7 Å². The van der Waals surface area contributed by atoms with Crippen molar-refractivity contribution in [2.24, 2.45) is 5.73 Å². The molecule has 11 heteroatoms. The van der Waals surface area contributed by atoms with Crippen molar-refractivity contribution < 1.29 is 9.66 Å². The van der Waals surface area contributed by atoms with Crippen molar-refractivity contribution >= 4 is 11.0 Å². The molecular formula is C23H28N8O3. The lowest BCUT2D eigenvalue weighted by Crippen LogP contribution is -2.51. The van der Waals surface area contributed by atoms with Crippen LogP contribution in [0.1, 0.15) is 5.82 Å². The monoisotopic (exact) mass is 464 g/mol. The molecule has 2 N–H and O–H groups in total. The van der Waals surface area contributed by atoms with E-state index in [-0.39, 0.29) is 11.5 Å². The molecule has 0 amide bonds. The summed E-state index contributed by atoms with van der Waals surface area (Å²) < 4.78 is 7.51. The van der Waals surface area contributed by atoms with Gasteiger partial charge in [0.2, 0.25) is 0 Å². The summed E-state index contributed by atoms with van der Waals surface area (Å²) in [5, 5.41) is 13.0. The number of likely N-dealkylation sites (N-methyl/N-ethyl adjacent to an activating group) is 2. The molecule has 4 rings (SSSR count). The summed E-state index contributed by atoms with van der Waals surface area (Å²) in [4.78, 5) is 28.9. The zero-order valence-electron chi connectivity index (χ0n) is 19.6. The Balaban J connectivity index is 1.76. The maximum atomic E-state index is 12.0. The number of nitro groups is 1. The number of ether oxygens (including phenoxy) is 1. The van der Waals surface area contributed by atoms with Gasteiger partial charge in [-0.1, -0.05) is 0 Å². The number of nitrogens with zero attached hydrogens (tertiary/aromatic N) is 7. The summed E-state index contributed by atoms with van der Waals surface area (Å²) in [5.74, 6) is 0.757. The zero-order chi connectivity index (χ0) is 24.5. The third kappa shape index (κ3) is 4.28. The predicted molar refractivity (Wildman–Crippen MR) is 128 cm³/mol. The molecule has 1 aliphatic carbocycles. The molecule has 3 aromatic heterocycles. The average Bonchev–Trinajstić information content (AvgIpc) is 3.26. The first-order valence-electron chi connectivity index (χ1n) is 10.8. The van der Waals surface area contributed by atoms with Crippen LogP contribution in [0, 0.1) is 10.1 Å². The normalized spacial score (nSPS) is 20.4. The van der Waals surface area contributed by atoms with Crippen LogP contribution in [0.25, 0.3) is 16.9 Å². The van der Waals surface area contributed by atoms with Crippen molar-refractivity contribution in [1.82, 2.24) is 29.3 Å². The van der Waals surface area contributed by atoms with Gasteiger partial charge < -0.3 is 20.3 Å². The van der Waals surface area contributed by atoms with Gasteiger partial charge in [-0.15, -0.1) is 0 Å². The number of methoxy groups -OCH3 is 1. The molecule has 11 nitrogen and oxygen atoms in total. The lowest BCUT2D eigenvalue weighted by atomic mass is 9.85. The Hall–Kier alpha value is -3.67. The number of hydrogen-bond donors (Lipinski definition) is 1. The summed E-state index contributed by atoms with van der Waals surface area (Å²) >= 11 is 0. The lowest BCUT2D eigenvalue weighted by molar-refractivity contribution is -0.423. The molecule has 0 saturated carbocycles.